The SMILES string of the molecule is CC/C=C\C/C=C\C/C=C\C/C=C\CCCCC(=O)OC[C@H](COC(=O)CC/C=C\C/C=C\C/C=C\C/C=C\C/C=C\CCCCC)OC(=O)CCCCCCCCCCCCC. The molecule has 0 amide bonds. The van der Waals surface area contributed by atoms with Gasteiger partial charge in [0.25, 0.3) is 0 Å². The molecule has 0 aromatic heterocycles. The minimum Gasteiger partial charge on any atom is -0.462 e. The molecule has 0 aliphatic rings. The Balaban J connectivity index is 4.54. The van der Waals surface area contributed by atoms with E-state index in [1.165, 1.54) is 77.0 Å². The van der Waals surface area contributed by atoms with Gasteiger partial charge in [-0.3, -0.25) is 14.4 Å². The minimum atomic E-state index is -0.824. The van der Waals surface area contributed by atoms with Gasteiger partial charge >= 0.3 is 17.9 Å². The Hall–Kier alpha value is -3.93. The lowest BCUT2D eigenvalue weighted by Gasteiger charge is -2.18. The maximum Gasteiger partial charge on any atom is 0.306 e. The molecule has 0 aliphatic carbocycles. The van der Waals surface area contributed by atoms with Gasteiger partial charge in [0.05, 0.1) is 0 Å². The number of esters is 3. The lowest BCUT2D eigenvalue weighted by atomic mass is 10.1. The van der Waals surface area contributed by atoms with E-state index in [0.717, 1.165) is 83.5 Å². The highest BCUT2D eigenvalue weighted by molar-refractivity contribution is 5.71. The first kappa shape index (κ1) is 59.1. The average Bonchev–Trinajstić information content (AvgIpc) is 3.28. The Labute approximate surface area is 387 Å². The van der Waals surface area contributed by atoms with Gasteiger partial charge in [-0.2, -0.15) is 0 Å². The minimum absolute atomic E-state index is 0.123. The van der Waals surface area contributed by atoms with Gasteiger partial charge in [0.2, 0.25) is 0 Å². The first-order chi connectivity index (χ1) is 31.0. The maximum absolute atomic E-state index is 12.8. The first-order valence-electron chi connectivity index (χ1n) is 25.4. The summed E-state index contributed by atoms with van der Waals surface area (Å²) in [5.74, 6) is -1.05. The lowest BCUT2D eigenvalue weighted by Crippen LogP contribution is -2.30. The third kappa shape index (κ3) is 49.0. The zero-order valence-corrected chi connectivity index (χ0v) is 40.5. The molecule has 0 aromatic rings. The van der Waals surface area contributed by atoms with Gasteiger partial charge in [-0.25, -0.2) is 0 Å². The Kier molecular flexibility index (Phi) is 47.5. The Morgan fingerprint density at radius 3 is 1.10 bits per heavy atom. The predicted octanol–water partition coefficient (Wildman–Crippen LogP) is 16.8. The summed E-state index contributed by atoms with van der Waals surface area (Å²) >= 11 is 0. The van der Waals surface area contributed by atoms with Crippen LogP contribution in [0.5, 0.6) is 0 Å². The monoisotopic (exact) mass is 873 g/mol. The molecule has 0 aromatic carbocycles. The number of carbonyl (C=O) groups excluding carboxylic acids is 3. The molecular weight excluding hydrogens is 781 g/mol. The van der Waals surface area contributed by atoms with E-state index in [2.05, 4.69) is 118 Å². The number of carbonyl (C=O) groups is 3. The number of allylic oxidation sites excluding steroid dienone is 18. The number of hydrogen-bond acceptors (Lipinski definition) is 6. The van der Waals surface area contributed by atoms with Crippen molar-refractivity contribution in [2.45, 2.75) is 219 Å². The fourth-order valence-corrected chi connectivity index (χ4v) is 6.47. The normalized spacial score (nSPS) is 13.0. The molecule has 0 N–H and O–H groups in total. The summed E-state index contributed by atoms with van der Waals surface area (Å²) in [6.07, 6.45) is 68.0. The van der Waals surface area contributed by atoms with E-state index in [1.807, 2.05) is 12.2 Å². The number of ether oxygens (including phenoxy) is 3. The van der Waals surface area contributed by atoms with E-state index in [1.54, 1.807) is 0 Å². The van der Waals surface area contributed by atoms with E-state index in [0.29, 0.717) is 25.7 Å². The Bertz CT molecular complexity index is 1330. The fraction of sp³-hybridized carbons (Fsp3) is 0.632. The molecule has 0 saturated heterocycles. The quantitative estimate of drug-likeness (QED) is 0.0263. The summed E-state index contributed by atoms with van der Waals surface area (Å²) in [7, 11) is 0. The van der Waals surface area contributed by atoms with Crippen LogP contribution in [0.2, 0.25) is 0 Å². The predicted molar refractivity (Wildman–Crippen MR) is 270 cm³/mol. The molecule has 1 atom stereocenters. The van der Waals surface area contributed by atoms with Gasteiger partial charge in [-0.05, 0) is 96.3 Å². The molecule has 6 nitrogen and oxygen atoms in total. The molecule has 0 aliphatic heterocycles. The van der Waals surface area contributed by atoms with Crippen LogP contribution in [0.3, 0.4) is 0 Å². The topological polar surface area (TPSA) is 78.9 Å². The van der Waals surface area contributed by atoms with Crippen LogP contribution >= 0.6 is 0 Å². The zero-order valence-electron chi connectivity index (χ0n) is 40.5. The van der Waals surface area contributed by atoms with Crippen molar-refractivity contribution in [2.24, 2.45) is 0 Å². The molecule has 0 rings (SSSR count). The van der Waals surface area contributed by atoms with Gasteiger partial charge in [-0.1, -0.05) is 207 Å². The second kappa shape index (κ2) is 50.7. The third-order valence-electron chi connectivity index (χ3n) is 10.3. The zero-order chi connectivity index (χ0) is 45.8. The van der Waals surface area contributed by atoms with Gasteiger partial charge in [0, 0.05) is 19.3 Å². The highest BCUT2D eigenvalue weighted by Crippen LogP contribution is 2.13. The molecule has 0 fully saturated rings. The number of hydrogen-bond donors (Lipinski definition) is 0. The third-order valence-corrected chi connectivity index (χ3v) is 10.3. The summed E-state index contributed by atoms with van der Waals surface area (Å²) in [4.78, 5) is 37.9. The molecule has 0 radical (unpaired) electrons. The standard InChI is InChI=1S/C57H92O6/c1-4-7-10-13-16-19-22-24-26-27-28-29-31-33-36-38-41-44-47-50-56(59)62-53-54(63-57(60)51-48-45-42-39-34-21-18-15-12-9-6-3)52-61-55(58)49-46-43-40-37-35-32-30-25-23-20-17-14-11-8-5-2/h8,11,16-17,19-20,24-26,28-30,33,35-37,41,44,54H,4-7,9-10,12-15,18,21-23,27,31-32,34,38-40,42-43,45-53H2,1-3H3/b11-8-,19-16-,20-17-,26-24-,29-28-,30-25-,36-33-,37-35-,44-41-/t54-/m1/s1. The van der Waals surface area contributed by atoms with E-state index >= 15 is 0 Å². The van der Waals surface area contributed by atoms with E-state index in [4.69, 9.17) is 14.2 Å². The van der Waals surface area contributed by atoms with Crippen LogP contribution in [0, 0.1) is 0 Å². The average molecular weight is 873 g/mol. The molecule has 0 heterocycles. The summed E-state index contributed by atoms with van der Waals surface area (Å²) in [5, 5.41) is 0. The largest absolute Gasteiger partial charge is 0.462 e. The van der Waals surface area contributed by atoms with Crippen LogP contribution in [0.4, 0.5) is 0 Å². The van der Waals surface area contributed by atoms with Crippen molar-refractivity contribution in [3.05, 3.63) is 109 Å². The smallest absolute Gasteiger partial charge is 0.306 e. The van der Waals surface area contributed by atoms with Crippen molar-refractivity contribution in [1.82, 2.24) is 0 Å². The molecule has 0 unspecified atom stereocenters. The summed E-state index contributed by atoms with van der Waals surface area (Å²) < 4.78 is 16.7. The lowest BCUT2D eigenvalue weighted by molar-refractivity contribution is -0.166. The number of unbranched alkanes of at least 4 members (excludes halogenated alkanes) is 15. The van der Waals surface area contributed by atoms with E-state index in [-0.39, 0.29) is 37.5 Å². The first-order valence-corrected chi connectivity index (χ1v) is 25.4. The maximum atomic E-state index is 12.8. The van der Waals surface area contributed by atoms with Gasteiger partial charge in [0.1, 0.15) is 13.2 Å². The van der Waals surface area contributed by atoms with Crippen molar-refractivity contribution < 1.29 is 28.6 Å². The van der Waals surface area contributed by atoms with Gasteiger partial charge in [0.15, 0.2) is 6.10 Å². The Morgan fingerprint density at radius 2 is 0.651 bits per heavy atom. The summed E-state index contributed by atoms with van der Waals surface area (Å²) in [5.41, 5.74) is 0. The second-order valence-corrected chi connectivity index (χ2v) is 16.3. The molecular formula is C57H92O6. The summed E-state index contributed by atoms with van der Waals surface area (Å²) in [6.45, 7) is 6.37. The van der Waals surface area contributed by atoms with Crippen molar-refractivity contribution in [2.75, 3.05) is 13.2 Å². The molecule has 0 bridgehead atoms. The van der Waals surface area contributed by atoms with Crippen LogP contribution in [0.15, 0.2) is 109 Å². The van der Waals surface area contributed by atoms with E-state index in [9.17, 15) is 14.4 Å². The number of rotatable bonds is 44. The molecule has 6 heteroatoms. The van der Waals surface area contributed by atoms with Gasteiger partial charge in [-0.15, -0.1) is 0 Å². The Morgan fingerprint density at radius 1 is 0.333 bits per heavy atom. The van der Waals surface area contributed by atoms with Crippen LogP contribution in [0.1, 0.15) is 213 Å². The molecule has 0 spiro atoms. The molecule has 63 heavy (non-hydrogen) atoms. The van der Waals surface area contributed by atoms with Crippen LogP contribution in [-0.2, 0) is 28.6 Å². The van der Waals surface area contributed by atoms with Crippen molar-refractivity contribution >= 4 is 17.9 Å². The van der Waals surface area contributed by atoms with E-state index < -0.39 is 6.10 Å². The van der Waals surface area contributed by atoms with Crippen molar-refractivity contribution in [3.63, 3.8) is 0 Å². The van der Waals surface area contributed by atoms with Crippen molar-refractivity contribution in [3.8, 4) is 0 Å². The van der Waals surface area contributed by atoms with Crippen LogP contribution in [-0.4, -0.2) is 37.2 Å². The molecule has 0 saturated carbocycles. The van der Waals surface area contributed by atoms with Crippen molar-refractivity contribution in [1.29, 1.82) is 0 Å². The highest BCUT2D eigenvalue weighted by Gasteiger charge is 2.19. The fourth-order valence-electron chi connectivity index (χ4n) is 6.47. The van der Waals surface area contributed by atoms with Crippen LogP contribution in [0.25, 0.3) is 0 Å². The highest BCUT2D eigenvalue weighted by atomic mass is 16.6. The molecule has 356 valence electrons. The summed E-state index contributed by atoms with van der Waals surface area (Å²) in [6, 6.07) is 0. The van der Waals surface area contributed by atoms with Gasteiger partial charge < -0.3 is 14.2 Å². The second-order valence-electron chi connectivity index (χ2n) is 16.3. The van der Waals surface area contributed by atoms with Crippen LogP contribution < -0.4 is 0 Å².